The molecule has 0 radical (unpaired) electrons. The molecule has 9 nitrogen and oxygen atoms in total. The summed E-state index contributed by atoms with van der Waals surface area (Å²) in [5.41, 5.74) is 3.09. The van der Waals surface area contributed by atoms with Crippen LogP contribution in [0.1, 0.15) is 30.7 Å². The first kappa shape index (κ1) is 20.1. The Morgan fingerprint density at radius 2 is 2.09 bits per heavy atom. The maximum Gasteiger partial charge on any atom is 0.224 e. The molecule has 2 fully saturated rings. The zero-order chi connectivity index (χ0) is 22.4. The van der Waals surface area contributed by atoms with E-state index in [1.807, 2.05) is 17.0 Å². The molecule has 2 aromatic heterocycles. The van der Waals surface area contributed by atoms with Gasteiger partial charge >= 0.3 is 0 Å². The fourth-order valence-electron chi connectivity index (χ4n) is 4.58. The number of hydrogen-bond donors (Lipinski definition) is 1. The van der Waals surface area contributed by atoms with Crippen LogP contribution < -0.4 is 14.5 Å². The minimum absolute atomic E-state index is 0.307. The summed E-state index contributed by atoms with van der Waals surface area (Å²) in [6.45, 7) is 2.24. The lowest BCUT2D eigenvalue weighted by atomic mass is 10.1. The van der Waals surface area contributed by atoms with Gasteiger partial charge in [-0.05, 0) is 43.5 Å². The fourth-order valence-corrected chi connectivity index (χ4v) is 4.58. The van der Waals surface area contributed by atoms with Crippen LogP contribution in [0.3, 0.4) is 0 Å². The van der Waals surface area contributed by atoms with Crippen LogP contribution in [0.5, 0.6) is 5.88 Å². The molecule has 6 rings (SSSR count). The van der Waals surface area contributed by atoms with Gasteiger partial charge in [-0.15, -0.1) is 0 Å². The molecule has 33 heavy (non-hydrogen) atoms. The number of nitrogens with zero attached hydrogens (tertiary/aromatic N) is 6. The molecule has 4 heterocycles. The maximum atomic E-state index is 11.1. The lowest BCUT2D eigenvalue weighted by Gasteiger charge is -2.28. The number of aliphatic hydroxyl groups is 1. The summed E-state index contributed by atoms with van der Waals surface area (Å²) in [7, 11) is 0. The van der Waals surface area contributed by atoms with Crippen molar-refractivity contribution in [3.8, 4) is 11.9 Å². The van der Waals surface area contributed by atoms with E-state index in [1.54, 1.807) is 24.5 Å². The van der Waals surface area contributed by atoms with Crippen LogP contribution in [0, 0.1) is 17.2 Å². The summed E-state index contributed by atoms with van der Waals surface area (Å²) in [6.07, 6.45) is 5.84. The monoisotopic (exact) mass is 444 g/mol. The number of ether oxygens (including phenoxy) is 2. The lowest BCUT2D eigenvalue weighted by molar-refractivity contribution is 0.164. The summed E-state index contributed by atoms with van der Waals surface area (Å²) in [5, 5.41) is 21.2. The number of aromatic nitrogens is 3. The SMILES string of the molecule is N#Cc1ccc2nc(CN3c4cnccc4N(C4CC4)C3O)nc(OCC3CCOC3)c2c1. The van der Waals surface area contributed by atoms with E-state index >= 15 is 0 Å². The molecular weight excluding hydrogens is 420 g/mol. The van der Waals surface area contributed by atoms with Gasteiger partial charge in [-0.25, -0.2) is 4.98 Å². The maximum absolute atomic E-state index is 11.1. The highest BCUT2D eigenvalue weighted by molar-refractivity contribution is 5.85. The van der Waals surface area contributed by atoms with Crippen molar-refractivity contribution in [1.29, 1.82) is 5.26 Å². The smallest absolute Gasteiger partial charge is 0.224 e. The molecule has 0 spiro atoms. The van der Waals surface area contributed by atoms with Gasteiger partial charge in [-0.3, -0.25) is 4.98 Å². The van der Waals surface area contributed by atoms with E-state index in [0.29, 0.717) is 59.9 Å². The topological polar surface area (TPSA) is 108 Å². The van der Waals surface area contributed by atoms with Crippen LogP contribution in [0.25, 0.3) is 10.9 Å². The van der Waals surface area contributed by atoms with Gasteiger partial charge in [-0.1, -0.05) is 0 Å². The van der Waals surface area contributed by atoms with Crippen molar-refractivity contribution in [2.24, 2.45) is 5.92 Å². The molecule has 2 unspecified atom stereocenters. The third-order valence-corrected chi connectivity index (χ3v) is 6.46. The molecular formula is C24H24N6O3. The van der Waals surface area contributed by atoms with Crippen molar-refractivity contribution in [3.05, 3.63) is 48.0 Å². The Balaban J connectivity index is 1.34. The average molecular weight is 444 g/mol. The number of pyridine rings is 1. The van der Waals surface area contributed by atoms with E-state index in [-0.39, 0.29) is 0 Å². The van der Waals surface area contributed by atoms with Gasteiger partial charge in [0.25, 0.3) is 0 Å². The predicted octanol–water partition coefficient (Wildman–Crippen LogP) is 2.58. The molecule has 1 saturated carbocycles. The summed E-state index contributed by atoms with van der Waals surface area (Å²) in [4.78, 5) is 17.6. The number of benzene rings is 1. The molecule has 1 saturated heterocycles. The molecule has 0 bridgehead atoms. The number of aliphatic hydroxyl groups excluding tert-OH is 1. The first-order valence-electron chi connectivity index (χ1n) is 11.3. The second kappa shape index (κ2) is 8.14. The second-order valence-electron chi connectivity index (χ2n) is 8.81. The fraction of sp³-hybridized carbons (Fsp3) is 0.417. The van der Waals surface area contributed by atoms with Crippen LogP contribution in [-0.2, 0) is 11.3 Å². The Morgan fingerprint density at radius 3 is 2.88 bits per heavy atom. The molecule has 3 aliphatic rings. The molecule has 2 atom stereocenters. The molecule has 1 N–H and O–H groups in total. The molecule has 168 valence electrons. The number of nitriles is 1. The molecule has 9 heteroatoms. The van der Waals surface area contributed by atoms with E-state index in [2.05, 4.69) is 16.0 Å². The van der Waals surface area contributed by atoms with E-state index in [0.717, 1.165) is 37.2 Å². The van der Waals surface area contributed by atoms with Gasteiger partial charge in [0.1, 0.15) is 0 Å². The van der Waals surface area contributed by atoms with Crippen LogP contribution >= 0.6 is 0 Å². The summed E-state index contributed by atoms with van der Waals surface area (Å²) in [5.74, 6) is 1.32. The highest BCUT2D eigenvalue weighted by Crippen LogP contribution is 2.45. The number of fused-ring (bicyclic) bond motifs is 2. The van der Waals surface area contributed by atoms with Crippen molar-refractivity contribution >= 4 is 22.3 Å². The van der Waals surface area contributed by atoms with E-state index in [1.165, 1.54) is 0 Å². The molecule has 1 aromatic carbocycles. The Morgan fingerprint density at radius 1 is 1.18 bits per heavy atom. The van der Waals surface area contributed by atoms with Crippen LogP contribution in [0.2, 0.25) is 0 Å². The third-order valence-electron chi connectivity index (χ3n) is 6.46. The minimum Gasteiger partial charge on any atom is -0.477 e. The predicted molar refractivity (Wildman–Crippen MR) is 121 cm³/mol. The van der Waals surface area contributed by atoms with Gasteiger partial charge in [-0.2, -0.15) is 10.2 Å². The highest BCUT2D eigenvalue weighted by Gasteiger charge is 2.43. The van der Waals surface area contributed by atoms with E-state index < -0.39 is 6.35 Å². The van der Waals surface area contributed by atoms with Crippen molar-refractivity contribution in [2.45, 2.75) is 38.2 Å². The van der Waals surface area contributed by atoms with E-state index in [4.69, 9.17) is 19.4 Å². The van der Waals surface area contributed by atoms with Gasteiger partial charge < -0.3 is 24.4 Å². The van der Waals surface area contributed by atoms with E-state index in [9.17, 15) is 10.4 Å². The number of hydrogen-bond acceptors (Lipinski definition) is 9. The second-order valence-corrected chi connectivity index (χ2v) is 8.81. The van der Waals surface area contributed by atoms with Crippen molar-refractivity contribution in [2.75, 3.05) is 29.6 Å². The average Bonchev–Trinajstić information content (AvgIpc) is 3.46. The van der Waals surface area contributed by atoms with Crippen LogP contribution in [0.4, 0.5) is 11.4 Å². The molecule has 0 amide bonds. The third kappa shape index (κ3) is 3.71. The van der Waals surface area contributed by atoms with Crippen LogP contribution in [-0.4, -0.2) is 52.3 Å². The molecule has 2 aliphatic heterocycles. The summed E-state index contributed by atoms with van der Waals surface area (Å²) < 4.78 is 11.6. The quantitative estimate of drug-likeness (QED) is 0.614. The standard InChI is InChI=1S/C24H24N6O3/c25-10-15-1-4-19-18(9-15)23(33-14-16-6-8-32-13-16)28-22(27-19)12-29-21-11-26-7-5-20(21)30(24(29)31)17-2-3-17/h1,4-5,7,9,11,16-17,24,31H,2-3,6,8,12-14H2. The largest absolute Gasteiger partial charge is 0.477 e. The number of rotatable bonds is 6. The summed E-state index contributed by atoms with van der Waals surface area (Å²) >= 11 is 0. The first-order valence-corrected chi connectivity index (χ1v) is 11.3. The first-order chi connectivity index (χ1) is 16.2. The Labute approximate surface area is 191 Å². The lowest BCUT2D eigenvalue weighted by Crippen LogP contribution is -2.44. The van der Waals surface area contributed by atoms with Crippen molar-refractivity contribution in [1.82, 2.24) is 15.0 Å². The molecule has 3 aromatic rings. The Hall–Kier alpha value is -3.48. The normalized spacial score (nSPS) is 21.9. The van der Waals surface area contributed by atoms with Crippen LogP contribution in [0.15, 0.2) is 36.7 Å². The van der Waals surface area contributed by atoms with Gasteiger partial charge in [0.15, 0.2) is 5.82 Å². The van der Waals surface area contributed by atoms with Crippen molar-refractivity contribution < 1.29 is 14.6 Å². The van der Waals surface area contributed by atoms with Crippen molar-refractivity contribution in [3.63, 3.8) is 0 Å². The Kier molecular flexibility index (Phi) is 4.97. The Bertz CT molecular complexity index is 1230. The highest BCUT2D eigenvalue weighted by atomic mass is 16.5. The number of anilines is 2. The summed E-state index contributed by atoms with van der Waals surface area (Å²) in [6, 6.07) is 9.78. The van der Waals surface area contributed by atoms with Gasteiger partial charge in [0, 0.05) is 24.8 Å². The minimum atomic E-state index is -0.794. The zero-order valence-electron chi connectivity index (χ0n) is 18.1. The van der Waals surface area contributed by atoms with Gasteiger partial charge in [0.2, 0.25) is 12.2 Å². The zero-order valence-corrected chi connectivity index (χ0v) is 18.1. The van der Waals surface area contributed by atoms with Gasteiger partial charge in [0.05, 0.1) is 59.9 Å². The molecule has 1 aliphatic carbocycles.